The molecule has 2 nitrogen and oxygen atoms in total. The van der Waals surface area contributed by atoms with Crippen molar-refractivity contribution in [2.45, 2.75) is 39.2 Å². The second kappa shape index (κ2) is 4.98. The molecular weight excluding hydrogens is 196 g/mol. The van der Waals surface area contributed by atoms with E-state index in [1.165, 1.54) is 16.7 Å². The van der Waals surface area contributed by atoms with Gasteiger partial charge in [-0.25, -0.2) is 0 Å². The molecule has 3 N–H and O–H groups in total. The third-order valence-corrected chi connectivity index (χ3v) is 2.97. The summed E-state index contributed by atoms with van der Waals surface area (Å²) in [6, 6.07) is 6.69. The molecule has 0 radical (unpaired) electrons. The average molecular weight is 220 g/mol. The van der Waals surface area contributed by atoms with Crippen LogP contribution in [0, 0.1) is 6.92 Å². The number of nitrogens with two attached hydrogens (primary N) is 1. The van der Waals surface area contributed by atoms with Crippen LogP contribution in [0.1, 0.15) is 43.5 Å². The molecule has 0 fully saturated rings. The normalized spacial score (nSPS) is 13.9. The summed E-state index contributed by atoms with van der Waals surface area (Å²) >= 11 is 0. The minimum atomic E-state index is 0.0762. The van der Waals surface area contributed by atoms with E-state index in [0.29, 0.717) is 0 Å². The van der Waals surface area contributed by atoms with E-state index >= 15 is 0 Å². The molecule has 0 saturated carbocycles. The molecule has 0 aliphatic rings. The van der Waals surface area contributed by atoms with Crippen LogP contribution in [0.4, 0.5) is 0 Å². The van der Waals surface area contributed by atoms with Gasteiger partial charge < -0.3 is 11.1 Å². The van der Waals surface area contributed by atoms with Crippen molar-refractivity contribution < 1.29 is 0 Å². The molecule has 0 aliphatic carbocycles. The summed E-state index contributed by atoms with van der Waals surface area (Å²) < 4.78 is 0. The minimum Gasteiger partial charge on any atom is -0.323 e. The maximum atomic E-state index is 6.16. The second-order valence-corrected chi connectivity index (χ2v) is 5.49. The van der Waals surface area contributed by atoms with Crippen LogP contribution in [-0.4, -0.2) is 13.6 Å². The molecule has 0 bridgehead atoms. The fourth-order valence-corrected chi connectivity index (χ4v) is 1.84. The highest BCUT2D eigenvalue weighted by Gasteiger charge is 2.16. The van der Waals surface area contributed by atoms with Crippen molar-refractivity contribution in [2.75, 3.05) is 13.6 Å². The third-order valence-electron chi connectivity index (χ3n) is 2.97. The van der Waals surface area contributed by atoms with Crippen molar-refractivity contribution in [1.29, 1.82) is 0 Å². The molecule has 16 heavy (non-hydrogen) atoms. The number of benzene rings is 1. The van der Waals surface area contributed by atoms with Gasteiger partial charge in [-0.1, -0.05) is 39.0 Å². The lowest BCUT2D eigenvalue weighted by atomic mass is 9.84. The molecule has 1 aromatic carbocycles. The van der Waals surface area contributed by atoms with Crippen molar-refractivity contribution in [3.63, 3.8) is 0 Å². The van der Waals surface area contributed by atoms with Crippen LogP contribution in [0.3, 0.4) is 0 Å². The molecular formula is C14H24N2. The van der Waals surface area contributed by atoms with Gasteiger partial charge >= 0.3 is 0 Å². The van der Waals surface area contributed by atoms with E-state index in [0.717, 1.165) is 6.54 Å². The van der Waals surface area contributed by atoms with Crippen LogP contribution in [0.25, 0.3) is 0 Å². The van der Waals surface area contributed by atoms with Gasteiger partial charge in [0.05, 0.1) is 0 Å². The Morgan fingerprint density at radius 2 is 1.94 bits per heavy atom. The zero-order chi connectivity index (χ0) is 12.3. The fourth-order valence-electron chi connectivity index (χ4n) is 1.84. The third kappa shape index (κ3) is 3.06. The molecule has 90 valence electrons. The van der Waals surface area contributed by atoms with Gasteiger partial charge in [0.1, 0.15) is 0 Å². The number of hydrogen-bond acceptors (Lipinski definition) is 2. The molecule has 2 heteroatoms. The Morgan fingerprint density at radius 3 is 2.44 bits per heavy atom. The van der Waals surface area contributed by atoms with Crippen molar-refractivity contribution in [2.24, 2.45) is 5.73 Å². The number of aryl methyl sites for hydroxylation is 1. The SMILES string of the molecule is CNCC(N)c1cc(C(C)(C)C)ccc1C. The van der Waals surface area contributed by atoms with Crippen LogP contribution in [-0.2, 0) is 5.41 Å². The fraction of sp³-hybridized carbons (Fsp3) is 0.571. The van der Waals surface area contributed by atoms with Gasteiger partial charge in [-0.15, -0.1) is 0 Å². The first kappa shape index (κ1) is 13.2. The van der Waals surface area contributed by atoms with Crippen LogP contribution in [0.15, 0.2) is 18.2 Å². The Labute approximate surface area is 99.2 Å². The summed E-state index contributed by atoms with van der Waals surface area (Å²) in [5.41, 5.74) is 10.2. The summed E-state index contributed by atoms with van der Waals surface area (Å²) in [5.74, 6) is 0. The number of likely N-dealkylation sites (N-methyl/N-ethyl adjacent to an activating group) is 1. The molecule has 0 aromatic heterocycles. The van der Waals surface area contributed by atoms with E-state index in [2.05, 4.69) is 51.2 Å². The van der Waals surface area contributed by atoms with Crippen molar-refractivity contribution in [1.82, 2.24) is 5.32 Å². The Kier molecular flexibility index (Phi) is 4.11. The van der Waals surface area contributed by atoms with E-state index in [9.17, 15) is 0 Å². The van der Waals surface area contributed by atoms with Crippen LogP contribution < -0.4 is 11.1 Å². The predicted molar refractivity (Wildman–Crippen MR) is 70.7 cm³/mol. The smallest absolute Gasteiger partial charge is 0.0424 e. The lowest BCUT2D eigenvalue weighted by molar-refractivity contribution is 0.584. The monoisotopic (exact) mass is 220 g/mol. The van der Waals surface area contributed by atoms with Crippen LogP contribution >= 0.6 is 0 Å². The maximum absolute atomic E-state index is 6.16. The van der Waals surface area contributed by atoms with E-state index in [-0.39, 0.29) is 11.5 Å². The van der Waals surface area contributed by atoms with Gasteiger partial charge in [-0.05, 0) is 36.1 Å². The first-order valence-corrected chi connectivity index (χ1v) is 5.87. The van der Waals surface area contributed by atoms with Crippen LogP contribution in [0.5, 0.6) is 0 Å². The Hall–Kier alpha value is -0.860. The maximum Gasteiger partial charge on any atom is 0.0424 e. The molecule has 1 rings (SSSR count). The van der Waals surface area contributed by atoms with Gasteiger partial charge in [0.15, 0.2) is 0 Å². The zero-order valence-electron chi connectivity index (χ0n) is 11.1. The number of nitrogens with one attached hydrogen (secondary N) is 1. The van der Waals surface area contributed by atoms with Crippen LogP contribution in [0.2, 0.25) is 0 Å². The highest BCUT2D eigenvalue weighted by Crippen LogP contribution is 2.26. The Morgan fingerprint density at radius 1 is 1.31 bits per heavy atom. The van der Waals surface area contributed by atoms with Gasteiger partial charge in [0, 0.05) is 12.6 Å². The largest absolute Gasteiger partial charge is 0.323 e. The van der Waals surface area contributed by atoms with Gasteiger partial charge in [-0.3, -0.25) is 0 Å². The Balaban J connectivity index is 3.09. The summed E-state index contributed by atoms with van der Waals surface area (Å²) in [6.07, 6.45) is 0. The highest BCUT2D eigenvalue weighted by molar-refractivity contribution is 5.36. The topological polar surface area (TPSA) is 38.0 Å². The number of rotatable bonds is 3. The van der Waals surface area contributed by atoms with Crippen molar-refractivity contribution in [3.8, 4) is 0 Å². The first-order chi connectivity index (χ1) is 7.36. The van der Waals surface area contributed by atoms with Crippen molar-refractivity contribution in [3.05, 3.63) is 34.9 Å². The van der Waals surface area contributed by atoms with Gasteiger partial charge in [0.2, 0.25) is 0 Å². The lowest BCUT2D eigenvalue weighted by Crippen LogP contribution is -2.25. The molecule has 0 heterocycles. The highest BCUT2D eigenvalue weighted by atomic mass is 14.9. The zero-order valence-corrected chi connectivity index (χ0v) is 11.1. The quantitative estimate of drug-likeness (QED) is 0.821. The molecule has 0 saturated heterocycles. The molecule has 1 unspecified atom stereocenters. The van der Waals surface area contributed by atoms with E-state index in [1.807, 2.05) is 7.05 Å². The Bertz CT molecular complexity index is 350. The molecule has 0 amide bonds. The molecule has 0 aliphatic heterocycles. The van der Waals surface area contributed by atoms with E-state index in [1.54, 1.807) is 0 Å². The van der Waals surface area contributed by atoms with E-state index in [4.69, 9.17) is 5.73 Å². The molecule has 1 atom stereocenters. The first-order valence-electron chi connectivity index (χ1n) is 5.87. The summed E-state index contributed by atoms with van der Waals surface area (Å²) in [4.78, 5) is 0. The predicted octanol–water partition coefficient (Wildman–Crippen LogP) is 2.51. The standard InChI is InChI=1S/C14H24N2/c1-10-6-7-11(14(2,3)4)8-12(10)13(15)9-16-5/h6-8,13,16H,9,15H2,1-5H3. The van der Waals surface area contributed by atoms with Crippen molar-refractivity contribution >= 4 is 0 Å². The molecule has 0 spiro atoms. The summed E-state index contributed by atoms with van der Waals surface area (Å²) in [7, 11) is 1.93. The average Bonchev–Trinajstić information content (AvgIpc) is 2.16. The van der Waals surface area contributed by atoms with Gasteiger partial charge in [-0.2, -0.15) is 0 Å². The lowest BCUT2D eigenvalue weighted by Gasteiger charge is -2.23. The second-order valence-electron chi connectivity index (χ2n) is 5.49. The summed E-state index contributed by atoms with van der Waals surface area (Å²) in [5, 5.41) is 3.13. The van der Waals surface area contributed by atoms with E-state index < -0.39 is 0 Å². The number of hydrogen-bond donors (Lipinski definition) is 2. The summed E-state index contributed by atoms with van der Waals surface area (Å²) in [6.45, 7) is 9.62. The minimum absolute atomic E-state index is 0.0762. The van der Waals surface area contributed by atoms with Gasteiger partial charge in [0.25, 0.3) is 0 Å². The molecule has 1 aromatic rings.